The van der Waals surface area contributed by atoms with E-state index in [4.69, 9.17) is 0 Å². The van der Waals surface area contributed by atoms with E-state index < -0.39 is 0 Å². The molecule has 2 nitrogen and oxygen atoms in total. The van der Waals surface area contributed by atoms with Crippen LogP contribution in [0.1, 0.15) is 0 Å². The summed E-state index contributed by atoms with van der Waals surface area (Å²) in [6.45, 7) is 0. The van der Waals surface area contributed by atoms with Gasteiger partial charge in [-0.15, -0.1) is 0 Å². The summed E-state index contributed by atoms with van der Waals surface area (Å²) in [6, 6.07) is 70.1. The third kappa shape index (κ3) is 5.50. The Bertz CT molecular complexity index is 2540. The van der Waals surface area contributed by atoms with Crippen molar-refractivity contribution in [1.29, 1.82) is 0 Å². The van der Waals surface area contributed by atoms with E-state index in [2.05, 4.69) is 204 Å². The first kappa shape index (κ1) is 29.3. The molecular formula is C46H32N2Se. The van der Waals surface area contributed by atoms with Gasteiger partial charge in [0.25, 0.3) is 0 Å². The Hall–Kier alpha value is -5.86. The van der Waals surface area contributed by atoms with Gasteiger partial charge in [0.2, 0.25) is 0 Å². The van der Waals surface area contributed by atoms with Crippen LogP contribution in [0.25, 0.3) is 41.2 Å². The van der Waals surface area contributed by atoms with E-state index >= 15 is 0 Å². The Morgan fingerprint density at radius 2 is 0.796 bits per heavy atom. The monoisotopic (exact) mass is 692 g/mol. The van der Waals surface area contributed by atoms with Crippen LogP contribution in [0.4, 0.5) is 34.1 Å². The first-order valence-electron chi connectivity index (χ1n) is 16.6. The second-order valence-electron chi connectivity index (χ2n) is 12.2. The molecule has 232 valence electrons. The molecule has 0 unspecified atom stereocenters. The number of hydrogen-bond acceptors (Lipinski definition) is 2. The van der Waals surface area contributed by atoms with Gasteiger partial charge in [-0.1, -0.05) is 36.4 Å². The van der Waals surface area contributed by atoms with Crippen LogP contribution in [0.3, 0.4) is 0 Å². The molecule has 9 rings (SSSR count). The Morgan fingerprint density at radius 1 is 0.306 bits per heavy atom. The fourth-order valence-electron chi connectivity index (χ4n) is 6.88. The van der Waals surface area contributed by atoms with Gasteiger partial charge in [0.05, 0.1) is 0 Å². The maximum absolute atomic E-state index is 2.40. The minimum absolute atomic E-state index is 0.272. The predicted molar refractivity (Wildman–Crippen MR) is 211 cm³/mol. The summed E-state index contributed by atoms with van der Waals surface area (Å²) in [7, 11) is 0. The van der Waals surface area contributed by atoms with Gasteiger partial charge in [0.15, 0.2) is 0 Å². The molecule has 0 amide bonds. The number of nitrogens with zero attached hydrogens (tertiary/aromatic N) is 2. The third-order valence-corrected chi connectivity index (χ3v) is 11.8. The molecule has 0 atom stereocenters. The molecule has 0 saturated carbocycles. The number of para-hydroxylation sites is 2. The van der Waals surface area contributed by atoms with Gasteiger partial charge in [0, 0.05) is 0 Å². The molecule has 8 aromatic carbocycles. The van der Waals surface area contributed by atoms with Gasteiger partial charge >= 0.3 is 246 Å². The molecule has 0 fully saturated rings. The van der Waals surface area contributed by atoms with Gasteiger partial charge in [0.1, 0.15) is 0 Å². The standard InChI is InChI=1S/C46H32N2Se/c1-4-13-33(14-5-1)34-23-27-38(28-24-34)47(36-15-6-2-7-16-36)39-19-12-20-40(31-39)48(37-17-8-3-9-18-37)41-29-25-35-26-30-43-42-21-10-11-22-45(42)49-46(43)44(35)32-41/h1-32H. The summed E-state index contributed by atoms with van der Waals surface area (Å²) in [6.07, 6.45) is 0. The number of rotatable bonds is 7. The molecule has 0 aliphatic heterocycles. The average molecular weight is 692 g/mol. The van der Waals surface area contributed by atoms with Gasteiger partial charge < -0.3 is 0 Å². The summed E-state index contributed by atoms with van der Waals surface area (Å²) in [5, 5.41) is 5.39. The number of benzene rings is 8. The van der Waals surface area contributed by atoms with Crippen molar-refractivity contribution in [3.8, 4) is 11.1 Å². The van der Waals surface area contributed by atoms with Crippen LogP contribution >= 0.6 is 0 Å². The fraction of sp³-hybridized carbons (Fsp3) is 0. The zero-order valence-corrected chi connectivity index (χ0v) is 28.5. The Labute approximate surface area is 292 Å². The normalized spacial score (nSPS) is 11.3. The minimum Gasteiger partial charge on any atom is -0.0617 e. The molecule has 0 saturated heterocycles. The maximum atomic E-state index is 2.40. The van der Waals surface area contributed by atoms with Crippen molar-refractivity contribution in [2.24, 2.45) is 0 Å². The summed E-state index contributed by atoms with van der Waals surface area (Å²) in [5.41, 5.74) is 9.11. The summed E-state index contributed by atoms with van der Waals surface area (Å²) in [5.74, 6) is 0. The van der Waals surface area contributed by atoms with Gasteiger partial charge in [-0.25, -0.2) is 0 Å². The van der Waals surface area contributed by atoms with Crippen molar-refractivity contribution in [3.63, 3.8) is 0 Å². The van der Waals surface area contributed by atoms with Gasteiger partial charge in [-0.05, 0) is 11.1 Å². The van der Waals surface area contributed by atoms with Crippen LogP contribution in [0, 0.1) is 0 Å². The van der Waals surface area contributed by atoms with Crippen molar-refractivity contribution in [2.45, 2.75) is 0 Å². The van der Waals surface area contributed by atoms with E-state index in [0.29, 0.717) is 0 Å². The average Bonchev–Trinajstić information content (AvgIpc) is 3.56. The molecule has 0 aliphatic carbocycles. The quantitative estimate of drug-likeness (QED) is 0.154. The smallest absolute Gasteiger partial charge is 0.0617 e. The fourth-order valence-corrected chi connectivity index (χ4v) is 9.46. The molecule has 0 spiro atoms. The third-order valence-electron chi connectivity index (χ3n) is 9.21. The van der Waals surface area contributed by atoms with Crippen molar-refractivity contribution in [3.05, 3.63) is 194 Å². The van der Waals surface area contributed by atoms with Crippen LogP contribution in [0.15, 0.2) is 194 Å². The van der Waals surface area contributed by atoms with E-state index in [0.717, 1.165) is 34.1 Å². The van der Waals surface area contributed by atoms with Crippen molar-refractivity contribution in [2.75, 3.05) is 9.80 Å². The predicted octanol–water partition coefficient (Wildman–Crippen LogP) is 12.8. The number of hydrogen-bond donors (Lipinski definition) is 0. The van der Waals surface area contributed by atoms with Crippen LogP contribution in [0.2, 0.25) is 0 Å². The van der Waals surface area contributed by atoms with Gasteiger partial charge in [-0.2, -0.15) is 0 Å². The van der Waals surface area contributed by atoms with Crippen LogP contribution in [0.5, 0.6) is 0 Å². The van der Waals surface area contributed by atoms with Crippen molar-refractivity contribution >= 4 is 78.7 Å². The zero-order valence-electron chi connectivity index (χ0n) is 26.8. The molecule has 9 aromatic rings. The zero-order chi connectivity index (χ0) is 32.6. The summed E-state index contributed by atoms with van der Waals surface area (Å²) in [4.78, 5) is 4.73. The Balaban J connectivity index is 1.19. The van der Waals surface area contributed by atoms with Crippen LogP contribution in [-0.2, 0) is 0 Å². The molecular weight excluding hydrogens is 659 g/mol. The summed E-state index contributed by atoms with van der Waals surface area (Å²) >= 11 is 0.272. The van der Waals surface area contributed by atoms with Crippen LogP contribution < -0.4 is 9.80 Å². The van der Waals surface area contributed by atoms with E-state index in [-0.39, 0.29) is 14.5 Å². The van der Waals surface area contributed by atoms with E-state index in [1.54, 1.807) is 0 Å². The van der Waals surface area contributed by atoms with E-state index in [1.807, 2.05) is 0 Å². The molecule has 1 heterocycles. The Morgan fingerprint density at radius 3 is 1.49 bits per heavy atom. The minimum atomic E-state index is 0.272. The van der Waals surface area contributed by atoms with E-state index in [1.165, 1.54) is 41.2 Å². The second kappa shape index (κ2) is 12.6. The first-order valence-corrected chi connectivity index (χ1v) is 18.3. The second-order valence-corrected chi connectivity index (χ2v) is 14.4. The van der Waals surface area contributed by atoms with Gasteiger partial charge in [-0.3, -0.25) is 0 Å². The van der Waals surface area contributed by atoms with E-state index in [9.17, 15) is 0 Å². The topological polar surface area (TPSA) is 6.48 Å². The van der Waals surface area contributed by atoms with Crippen molar-refractivity contribution < 1.29 is 0 Å². The molecule has 1 aromatic heterocycles. The molecule has 3 heteroatoms. The Kier molecular flexibility index (Phi) is 7.55. The summed E-state index contributed by atoms with van der Waals surface area (Å²) < 4.78 is 2.94. The van der Waals surface area contributed by atoms with Crippen LogP contribution in [-0.4, -0.2) is 14.5 Å². The number of anilines is 6. The molecule has 0 N–H and O–H groups in total. The van der Waals surface area contributed by atoms with Crippen molar-refractivity contribution in [1.82, 2.24) is 0 Å². The molecule has 0 radical (unpaired) electrons. The SMILES string of the molecule is c1ccc(-c2ccc(N(c3ccccc3)c3cccc(N(c4ccccc4)c4ccc5ccc6c7ccccc7[se]c6c5c4)c3)cc2)cc1. The molecule has 0 bridgehead atoms. The number of fused-ring (bicyclic) bond motifs is 5. The first-order chi connectivity index (χ1) is 24.3. The molecule has 49 heavy (non-hydrogen) atoms. The molecule has 0 aliphatic rings.